The first-order valence-corrected chi connectivity index (χ1v) is 6.86. The molecule has 3 rings (SSSR count). The van der Waals surface area contributed by atoms with E-state index in [4.69, 9.17) is 0 Å². The molecule has 0 amide bonds. The maximum Gasteiger partial charge on any atom is 0.195 e. The van der Waals surface area contributed by atoms with Crippen molar-refractivity contribution in [2.45, 2.75) is 0 Å². The Labute approximate surface area is 119 Å². The molecule has 0 bridgehead atoms. The normalized spacial score (nSPS) is 11.2. The van der Waals surface area contributed by atoms with E-state index in [0.29, 0.717) is 0 Å². The van der Waals surface area contributed by atoms with Gasteiger partial charge in [-0.3, -0.25) is 0 Å². The molecule has 0 unspecified atom stereocenters. The van der Waals surface area contributed by atoms with Crippen LogP contribution in [0.1, 0.15) is 0 Å². The van der Waals surface area contributed by atoms with Crippen LogP contribution in [0, 0.1) is 0 Å². The highest BCUT2D eigenvalue weighted by molar-refractivity contribution is 7.06. The van der Waals surface area contributed by atoms with Crippen molar-refractivity contribution in [3.8, 4) is 0 Å². The van der Waals surface area contributed by atoms with Gasteiger partial charge in [0.05, 0.1) is 0 Å². The molecule has 0 aliphatic carbocycles. The van der Waals surface area contributed by atoms with Crippen LogP contribution in [0.3, 0.4) is 0 Å². The molecule has 20 heavy (non-hydrogen) atoms. The van der Waals surface area contributed by atoms with E-state index < -0.39 is 6.35 Å². The molecular weight excluding hydrogens is 243 g/mol. The largest absolute Gasteiger partial charge is 0.594 e. The van der Waals surface area contributed by atoms with E-state index in [1.165, 1.54) is 0 Å². The standard InChI is InChI=1S/C18H16BO/c20-19(16-10-4-1-5-11-16,17-12-6-2-7-13-17)18-14-8-3-9-15-18/h1-15,20H/q-1. The quantitative estimate of drug-likeness (QED) is 0.709. The third-order valence-corrected chi connectivity index (χ3v) is 3.85. The zero-order valence-electron chi connectivity index (χ0n) is 11.2. The van der Waals surface area contributed by atoms with Crippen LogP contribution in [-0.2, 0) is 0 Å². The summed E-state index contributed by atoms with van der Waals surface area (Å²) in [5.41, 5.74) is 2.81. The molecule has 0 spiro atoms. The molecule has 0 radical (unpaired) electrons. The van der Waals surface area contributed by atoms with Gasteiger partial charge in [-0.1, -0.05) is 91.0 Å². The van der Waals surface area contributed by atoms with Gasteiger partial charge in [0.15, 0.2) is 6.35 Å². The molecule has 98 valence electrons. The SMILES string of the molecule is O[B-](c1ccccc1)(c1ccccc1)c1ccccc1. The van der Waals surface area contributed by atoms with Crippen molar-refractivity contribution in [3.63, 3.8) is 0 Å². The Balaban J connectivity index is 2.24. The summed E-state index contributed by atoms with van der Waals surface area (Å²) in [4.78, 5) is 0. The minimum atomic E-state index is -1.91. The van der Waals surface area contributed by atoms with Crippen molar-refractivity contribution in [2.24, 2.45) is 0 Å². The predicted molar refractivity (Wildman–Crippen MR) is 86.2 cm³/mol. The first-order valence-electron chi connectivity index (χ1n) is 6.86. The van der Waals surface area contributed by atoms with Crippen molar-refractivity contribution in [1.82, 2.24) is 0 Å². The highest BCUT2D eigenvalue weighted by Gasteiger charge is 2.27. The van der Waals surface area contributed by atoms with Gasteiger partial charge < -0.3 is 5.02 Å². The summed E-state index contributed by atoms with van der Waals surface area (Å²) in [7, 11) is 0. The van der Waals surface area contributed by atoms with E-state index >= 15 is 0 Å². The molecule has 3 aromatic rings. The summed E-state index contributed by atoms with van der Waals surface area (Å²) in [6, 6.07) is 29.6. The van der Waals surface area contributed by atoms with Gasteiger partial charge in [-0.2, -0.15) is 16.4 Å². The molecule has 0 aliphatic heterocycles. The topological polar surface area (TPSA) is 20.2 Å². The summed E-state index contributed by atoms with van der Waals surface area (Å²) in [5, 5.41) is 11.5. The fourth-order valence-electron chi connectivity index (χ4n) is 2.77. The maximum atomic E-state index is 11.5. The first-order chi connectivity index (χ1) is 9.82. The molecule has 0 saturated carbocycles. The van der Waals surface area contributed by atoms with E-state index in [1.54, 1.807) is 0 Å². The zero-order chi connectivity index (χ0) is 13.8. The van der Waals surface area contributed by atoms with Crippen molar-refractivity contribution < 1.29 is 5.02 Å². The fourth-order valence-corrected chi connectivity index (χ4v) is 2.77. The Bertz CT molecular complexity index is 569. The van der Waals surface area contributed by atoms with E-state index in [1.807, 2.05) is 91.0 Å². The average Bonchev–Trinajstić information content (AvgIpc) is 2.56. The van der Waals surface area contributed by atoms with E-state index in [0.717, 1.165) is 16.4 Å². The molecule has 0 aromatic heterocycles. The Hall–Kier alpha value is -2.32. The number of rotatable bonds is 3. The van der Waals surface area contributed by atoms with Crippen LogP contribution in [0.5, 0.6) is 0 Å². The molecule has 2 heteroatoms. The van der Waals surface area contributed by atoms with Crippen molar-refractivity contribution >= 4 is 22.7 Å². The summed E-state index contributed by atoms with van der Waals surface area (Å²) < 4.78 is 0. The van der Waals surface area contributed by atoms with Gasteiger partial charge in [-0.05, 0) is 0 Å². The second-order valence-electron chi connectivity index (χ2n) is 5.05. The predicted octanol–water partition coefficient (Wildman–Crippen LogP) is 1.65. The molecular formula is C18H16BO-. The van der Waals surface area contributed by atoms with Gasteiger partial charge in [0.2, 0.25) is 0 Å². The van der Waals surface area contributed by atoms with Gasteiger partial charge in [0.1, 0.15) is 0 Å². The molecule has 0 heterocycles. The number of hydrogen-bond donors (Lipinski definition) is 1. The van der Waals surface area contributed by atoms with Crippen LogP contribution in [0.2, 0.25) is 0 Å². The lowest BCUT2D eigenvalue weighted by Gasteiger charge is -2.37. The van der Waals surface area contributed by atoms with Crippen LogP contribution in [-0.4, -0.2) is 11.4 Å². The first kappa shape index (κ1) is 12.7. The fraction of sp³-hybridized carbons (Fsp3) is 0. The van der Waals surface area contributed by atoms with Crippen LogP contribution >= 0.6 is 0 Å². The van der Waals surface area contributed by atoms with Crippen LogP contribution in [0.4, 0.5) is 0 Å². The van der Waals surface area contributed by atoms with Gasteiger partial charge in [0.25, 0.3) is 0 Å². The third kappa shape index (κ3) is 2.15. The lowest BCUT2D eigenvalue weighted by atomic mass is 9.29. The monoisotopic (exact) mass is 259 g/mol. The highest BCUT2D eigenvalue weighted by atomic mass is 16.2. The summed E-state index contributed by atoms with van der Waals surface area (Å²) in [5.74, 6) is 0. The lowest BCUT2D eigenvalue weighted by Crippen LogP contribution is -2.67. The maximum absolute atomic E-state index is 11.5. The van der Waals surface area contributed by atoms with Crippen molar-refractivity contribution in [2.75, 3.05) is 0 Å². The van der Waals surface area contributed by atoms with Crippen molar-refractivity contribution in [3.05, 3.63) is 91.0 Å². The van der Waals surface area contributed by atoms with Gasteiger partial charge in [0, 0.05) is 0 Å². The van der Waals surface area contributed by atoms with Gasteiger partial charge in [-0.25, -0.2) is 0 Å². The molecule has 0 aliphatic rings. The Morgan fingerprint density at radius 1 is 0.450 bits per heavy atom. The van der Waals surface area contributed by atoms with E-state index in [9.17, 15) is 5.02 Å². The Kier molecular flexibility index (Phi) is 3.40. The summed E-state index contributed by atoms with van der Waals surface area (Å²) >= 11 is 0. The van der Waals surface area contributed by atoms with Crippen LogP contribution in [0.25, 0.3) is 0 Å². The summed E-state index contributed by atoms with van der Waals surface area (Å²) in [6.07, 6.45) is -1.91. The Morgan fingerprint density at radius 2 is 0.700 bits per heavy atom. The summed E-state index contributed by atoms with van der Waals surface area (Å²) in [6.45, 7) is 0. The molecule has 0 saturated heterocycles. The zero-order valence-corrected chi connectivity index (χ0v) is 11.2. The number of hydrogen-bond acceptors (Lipinski definition) is 1. The second kappa shape index (κ2) is 5.36. The molecule has 1 nitrogen and oxygen atoms in total. The minimum absolute atomic E-state index is 0.935. The molecule has 1 N–H and O–H groups in total. The lowest BCUT2D eigenvalue weighted by molar-refractivity contribution is 0.583. The minimum Gasteiger partial charge on any atom is -0.594 e. The second-order valence-corrected chi connectivity index (χ2v) is 5.05. The highest BCUT2D eigenvalue weighted by Crippen LogP contribution is 2.03. The number of benzene rings is 3. The van der Waals surface area contributed by atoms with Gasteiger partial charge >= 0.3 is 0 Å². The van der Waals surface area contributed by atoms with Crippen LogP contribution in [0.15, 0.2) is 91.0 Å². The molecule has 0 fully saturated rings. The van der Waals surface area contributed by atoms with E-state index in [2.05, 4.69) is 0 Å². The third-order valence-electron chi connectivity index (χ3n) is 3.85. The van der Waals surface area contributed by atoms with Gasteiger partial charge in [-0.15, -0.1) is 0 Å². The van der Waals surface area contributed by atoms with Crippen molar-refractivity contribution in [1.29, 1.82) is 0 Å². The average molecular weight is 259 g/mol. The molecule has 0 atom stereocenters. The van der Waals surface area contributed by atoms with Crippen LogP contribution < -0.4 is 16.4 Å². The smallest absolute Gasteiger partial charge is 0.195 e. The Morgan fingerprint density at radius 3 is 0.950 bits per heavy atom. The molecule has 3 aromatic carbocycles. The van der Waals surface area contributed by atoms with E-state index in [-0.39, 0.29) is 0 Å².